The summed E-state index contributed by atoms with van der Waals surface area (Å²) in [6, 6.07) is 6.21. The molecule has 2 saturated carbocycles. The molecular weight excluding hydrogens is 222 g/mol. The number of rotatable bonds is 5. The molecule has 0 spiro atoms. The molecule has 0 bridgehead atoms. The first kappa shape index (κ1) is 11.9. The van der Waals surface area contributed by atoms with Crippen molar-refractivity contribution in [3.63, 3.8) is 0 Å². The van der Waals surface area contributed by atoms with Crippen molar-refractivity contribution in [3.05, 3.63) is 23.8 Å². The van der Waals surface area contributed by atoms with Crippen molar-refractivity contribution < 1.29 is 4.74 Å². The average Bonchev–Trinajstić information content (AvgIpc) is 3.04. The number of nitrogens with two attached hydrogens (primary N) is 1. The van der Waals surface area contributed by atoms with Gasteiger partial charge in [0, 0.05) is 5.69 Å². The lowest BCUT2D eigenvalue weighted by atomic mass is 9.96. The normalized spacial score (nSPS) is 20.2. The number of ether oxygens (including phenoxy) is 1. The molecule has 2 N–H and O–H groups in total. The van der Waals surface area contributed by atoms with Crippen LogP contribution in [0.15, 0.2) is 18.2 Å². The molecule has 0 radical (unpaired) electrons. The lowest BCUT2D eigenvalue weighted by Gasteiger charge is -2.15. The molecule has 1 aromatic rings. The van der Waals surface area contributed by atoms with Gasteiger partial charge in [0.05, 0.1) is 6.61 Å². The van der Waals surface area contributed by atoms with E-state index in [-0.39, 0.29) is 0 Å². The average molecular weight is 245 g/mol. The molecule has 1 aromatic carbocycles. The number of benzene rings is 1. The summed E-state index contributed by atoms with van der Waals surface area (Å²) in [5.41, 5.74) is 8.36. The second-order valence-corrected chi connectivity index (χ2v) is 5.85. The van der Waals surface area contributed by atoms with Crippen LogP contribution in [-0.4, -0.2) is 6.61 Å². The van der Waals surface area contributed by atoms with Gasteiger partial charge in [0.15, 0.2) is 0 Å². The van der Waals surface area contributed by atoms with Crippen molar-refractivity contribution in [3.8, 4) is 5.75 Å². The van der Waals surface area contributed by atoms with Gasteiger partial charge >= 0.3 is 0 Å². The van der Waals surface area contributed by atoms with Crippen LogP contribution in [0.3, 0.4) is 0 Å². The fourth-order valence-electron chi connectivity index (χ4n) is 2.98. The van der Waals surface area contributed by atoms with Gasteiger partial charge in [0.1, 0.15) is 5.75 Å². The van der Waals surface area contributed by atoms with Gasteiger partial charge in [-0.15, -0.1) is 0 Å². The molecule has 2 aliphatic carbocycles. The van der Waals surface area contributed by atoms with Gasteiger partial charge < -0.3 is 10.5 Å². The number of nitrogen functional groups attached to an aromatic ring is 1. The Hall–Kier alpha value is -1.18. The molecule has 0 heterocycles. The second-order valence-electron chi connectivity index (χ2n) is 5.85. The van der Waals surface area contributed by atoms with Crippen LogP contribution >= 0.6 is 0 Å². The Morgan fingerprint density at radius 2 is 1.89 bits per heavy atom. The van der Waals surface area contributed by atoms with E-state index in [1.54, 1.807) is 0 Å². The highest BCUT2D eigenvalue weighted by Crippen LogP contribution is 2.38. The Morgan fingerprint density at radius 1 is 1.11 bits per heavy atom. The zero-order chi connectivity index (χ0) is 12.4. The molecule has 3 rings (SSSR count). The van der Waals surface area contributed by atoms with E-state index in [1.807, 2.05) is 12.1 Å². The van der Waals surface area contributed by atoms with Gasteiger partial charge in [0.2, 0.25) is 0 Å². The molecule has 18 heavy (non-hydrogen) atoms. The molecule has 0 unspecified atom stereocenters. The number of anilines is 1. The van der Waals surface area contributed by atoms with Crippen LogP contribution < -0.4 is 10.5 Å². The number of hydrogen-bond donors (Lipinski definition) is 1. The van der Waals surface area contributed by atoms with Crippen LogP contribution in [0.2, 0.25) is 0 Å². The summed E-state index contributed by atoms with van der Waals surface area (Å²) in [5, 5.41) is 0. The van der Waals surface area contributed by atoms with Crippen LogP contribution in [0.1, 0.15) is 56.4 Å². The Labute approximate surface area is 110 Å². The van der Waals surface area contributed by atoms with E-state index in [0.29, 0.717) is 5.92 Å². The maximum atomic E-state index is 6.10. The quantitative estimate of drug-likeness (QED) is 0.792. The first-order valence-electron chi connectivity index (χ1n) is 7.35. The van der Waals surface area contributed by atoms with Crippen molar-refractivity contribution in [1.29, 1.82) is 0 Å². The smallest absolute Gasteiger partial charge is 0.119 e. The summed E-state index contributed by atoms with van der Waals surface area (Å²) in [7, 11) is 0. The predicted octanol–water partition coefficient (Wildman–Crippen LogP) is 4.11. The highest BCUT2D eigenvalue weighted by Gasteiger charge is 2.21. The van der Waals surface area contributed by atoms with Crippen LogP contribution in [-0.2, 0) is 0 Å². The Kier molecular flexibility index (Phi) is 3.44. The van der Waals surface area contributed by atoms with Crippen molar-refractivity contribution in [1.82, 2.24) is 0 Å². The van der Waals surface area contributed by atoms with Crippen molar-refractivity contribution in [2.24, 2.45) is 5.92 Å². The molecule has 0 amide bonds. The Balaban J connectivity index is 1.64. The summed E-state index contributed by atoms with van der Waals surface area (Å²) in [5.74, 6) is 2.61. The van der Waals surface area contributed by atoms with Crippen LogP contribution in [0.5, 0.6) is 5.75 Å². The zero-order valence-electron chi connectivity index (χ0n) is 11.0. The third-order valence-electron chi connectivity index (χ3n) is 4.35. The fraction of sp³-hybridized carbons (Fsp3) is 0.625. The Bertz CT molecular complexity index is 406. The lowest BCUT2D eigenvalue weighted by Crippen LogP contribution is -2.02. The molecule has 2 nitrogen and oxygen atoms in total. The van der Waals surface area contributed by atoms with Crippen LogP contribution in [0.4, 0.5) is 5.69 Å². The largest absolute Gasteiger partial charge is 0.494 e. The van der Waals surface area contributed by atoms with E-state index >= 15 is 0 Å². The van der Waals surface area contributed by atoms with Crippen molar-refractivity contribution in [2.75, 3.05) is 12.3 Å². The van der Waals surface area contributed by atoms with Gasteiger partial charge in [-0.1, -0.05) is 25.7 Å². The fourth-order valence-corrected chi connectivity index (χ4v) is 2.98. The molecular formula is C16H23NO. The molecule has 2 heteroatoms. The van der Waals surface area contributed by atoms with Crippen LogP contribution in [0, 0.1) is 5.92 Å². The summed E-state index contributed by atoms with van der Waals surface area (Å²) in [6.07, 6.45) is 9.28. The summed E-state index contributed by atoms with van der Waals surface area (Å²) in [4.78, 5) is 0. The predicted molar refractivity (Wildman–Crippen MR) is 74.9 cm³/mol. The van der Waals surface area contributed by atoms with E-state index in [4.69, 9.17) is 10.5 Å². The molecule has 2 aliphatic rings. The van der Waals surface area contributed by atoms with Crippen molar-refractivity contribution in [2.45, 2.75) is 50.9 Å². The first-order chi connectivity index (χ1) is 8.83. The second kappa shape index (κ2) is 5.21. The topological polar surface area (TPSA) is 35.2 Å². The third kappa shape index (κ3) is 2.80. The van der Waals surface area contributed by atoms with Gasteiger partial charge in [-0.2, -0.15) is 0 Å². The molecule has 0 aromatic heterocycles. The maximum Gasteiger partial charge on any atom is 0.119 e. The SMILES string of the molecule is Nc1ccc(OCCC2CC2)cc1C1CCCC1. The van der Waals surface area contributed by atoms with E-state index in [1.165, 1.54) is 50.5 Å². The zero-order valence-corrected chi connectivity index (χ0v) is 11.0. The standard InChI is InChI=1S/C16H23NO/c17-16-8-7-14(18-10-9-12-5-6-12)11-15(16)13-3-1-2-4-13/h7-8,11-13H,1-6,9-10,17H2. The van der Waals surface area contributed by atoms with E-state index < -0.39 is 0 Å². The molecule has 0 atom stereocenters. The minimum Gasteiger partial charge on any atom is -0.494 e. The van der Waals surface area contributed by atoms with Gasteiger partial charge in [-0.05, 0) is 54.9 Å². The van der Waals surface area contributed by atoms with Gasteiger partial charge in [-0.3, -0.25) is 0 Å². The lowest BCUT2D eigenvalue weighted by molar-refractivity contribution is 0.302. The van der Waals surface area contributed by atoms with Gasteiger partial charge in [0.25, 0.3) is 0 Å². The van der Waals surface area contributed by atoms with E-state index in [0.717, 1.165) is 24.0 Å². The highest BCUT2D eigenvalue weighted by molar-refractivity contribution is 5.52. The molecule has 2 fully saturated rings. The molecule has 0 aliphatic heterocycles. The maximum absolute atomic E-state index is 6.10. The van der Waals surface area contributed by atoms with E-state index in [2.05, 4.69) is 6.07 Å². The van der Waals surface area contributed by atoms with E-state index in [9.17, 15) is 0 Å². The monoisotopic (exact) mass is 245 g/mol. The number of hydrogen-bond acceptors (Lipinski definition) is 2. The Morgan fingerprint density at radius 3 is 2.61 bits per heavy atom. The summed E-state index contributed by atoms with van der Waals surface area (Å²) in [6.45, 7) is 0.860. The van der Waals surface area contributed by atoms with Crippen molar-refractivity contribution >= 4 is 5.69 Å². The van der Waals surface area contributed by atoms with Crippen LogP contribution in [0.25, 0.3) is 0 Å². The highest BCUT2D eigenvalue weighted by atomic mass is 16.5. The molecule has 98 valence electrons. The minimum absolute atomic E-state index is 0.664. The summed E-state index contributed by atoms with van der Waals surface area (Å²) >= 11 is 0. The minimum atomic E-state index is 0.664. The first-order valence-corrected chi connectivity index (χ1v) is 7.35. The third-order valence-corrected chi connectivity index (χ3v) is 4.35. The molecule has 0 saturated heterocycles. The van der Waals surface area contributed by atoms with Gasteiger partial charge in [-0.25, -0.2) is 0 Å². The summed E-state index contributed by atoms with van der Waals surface area (Å²) < 4.78 is 5.86.